The fraction of sp³-hybridized carbons (Fsp3) is 0.0714. The SMILES string of the molecule is N#Cc1ccc(COc2ccc(F)c(Cl)c2)c(Cl)c1. The zero-order valence-electron chi connectivity index (χ0n) is 9.66. The molecule has 2 aromatic rings. The Hall–Kier alpha value is -1.76. The summed E-state index contributed by atoms with van der Waals surface area (Å²) in [5, 5.41) is 9.18. The van der Waals surface area contributed by atoms with Gasteiger partial charge < -0.3 is 4.74 Å². The number of hydrogen-bond acceptors (Lipinski definition) is 2. The summed E-state index contributed by atoms with van der Waals surface area (Å²) in [6, 6.07) is 11.1. The Morgan fingerprint density at radius 1 is 1.11 bits per heavy atom. The molecule has 2 rings (SSSR count). The molecule has 0 spiro atoms. The first-order valence-corrected chi connectivity index (χ1v) is 6.12. The summed E-state index contributed by atoms with van der Waals surface area (Å²) < 4.78 is 18.4. The third-order valence-electron chi connectivity index (χ3n) is 2.47. The molecule has 2 nitrogen and oxygen atoms in total. The van der Waals surface area contributed by atoms with Crippen LogP contribution in [-0.2, 0) is 6.61 Å². The van der Waals surface area contributed by atoms with Gasteiger partial charge in [0.1, 0.15) is 18.2 Å². The molecule has 0 fully saturated rings. The van der Waals surface area contributed by atoms with Crippen molar-refractivity contribution < 1.29 is 9.13 Å². The van der Waals surface area contributed by atoms with Crippen molar-refractivity contribution >= 4 is 23.2 Å². The monoisotopic (exact) mass is 295 g/mol. The fourth-order valence-corrected chi connectivity index (χ4v) is 1.87. The highest BCUT2D eigenvalue weighted by Crippen LogP contribution is 2.23. The van der Waals surface area contributed by atoms with Gasteiger partial charge in [0.15, 0.2) is 0 Å². The number of hydrogen-bond donors (Lipinski definition) is 0. The Bertz CT molecular complexity index is 652. The van der Waals surface area contributed by atoms with Crippen molar-refractivity contribution in [3.63, 3.8) is 0 Å². The third-order valence-corrected chi connectivity index (χ3v) is 3.11. The maximum atomic E-state index is 13.0. The highest BCUT2D eigenvalue weighted by Gasteiger charge is 2.05. The minimum Gasteiger partial charge on any atom is -0.489 e. The molecule has 5 heteroatoms. The van der Waals surface area contributed by atoms with Crippen LogP contribution in [0.2, 0.25) is 10.0 Å². The molecular weight excluding hydrogens is 288 g/mol. The lowest BCUT2D eigenvalue weighted by Crippen LogP contribution is -1.97. The van der Waals surface area contributed by atoms with Crippen LogP contribution in [0.15, 0.2) is 36.4 Å². The average molecular weight is 296 g/mol. The molecule has 0 aliphatic heterocycles. The van der Waals surface area contributed by atoms with Gasteiger partial charge in [0, 0.05) is 16.7 Å². The number of benzene rings is 2. The van der Waals surface area contributed by atoms with Gasteiger partial charge in [0.25, 0.3) is 0 Å². The zero-order valence-corrected chi connectivity index (χ0v) is 11.2. The molecule has 0 aliphatic rings. The van der Waals surface area contributed by atoms with E-state index in [4.69, 9.17) is 33.2 Å². The van der Waals surface area contributed by atoms with Gasteiger partial charge in [-0.3, -0.25) is 0 Å². The fourth-order valence-electron chi connectivity index (χ4n) is 1.46. The summed E-state index contributed by atoms with van der Waals surface area (Å²) in [5.74, 6) is -0.0442. The molecule has 0 atom stereocenters. The molecule has 0 heterocycles. The molecule has 0 N–H and O–H groups in total. The van der Waals surface area contributed by atoms with Crippen molar-refractivity contribution in [2.24, 2.45) is 0 Å². The summed E-state index contributed by atoms with van der Waals surface area (Å²) in [5.41, 5.74) is 1.22. The van der Waals surface area contributed by atoms with E-state index in [0.29, 0.717) is 16.3 Å². The maximum absolute atomic E-state index is 13.0. The highest BCUT2D eigenvalue weighted by atomic mass is 35.5. The van der Waals surface area contributed by atoms with Gasteiger partial charge >= 0.3 is 0 Å². The summed E-state index contributed by atoms with van der Waals surface area (Å²) in [7, 11) is 0. The molecular formula is C14H8Cl2FNO. The minimum absolute atomic E-state index is 0.00317. The standard InChI is InChI=1S/C14H8Cl2FNO/c15-12-5-9(7-18)1-2-10(12)8-19-11-3-4-14(17)13(16)6-11/h1-6H,8H2. The second kappa shape index (κ2) is 5.92. The second-order valence-electron chi connectivity index (χ2n) is 3.78. The van der Waals surface area contributed by atoms with Gasteiger partial charge in [0.05, 0.1) is 16.7 Å². The van der Waals surface area contributed by atoms with Gasteiger partial charge in [-0.1, -0.05) is 29.3 Å². The predicted molar refractivity (Wildman–Crippen MR) is 71.9 cm³/mol. The van der Waals surface area contributed by atoms with Crippen LogP contribution >= 0.6 is 23.2 Å². The maximum Gasteiger partial charge on any atom is 0.142 e. The lowest BCUT2D eigenvalue weighted by Gasteiger charge is -2.08. The Balaban J connectivity index is 2.10. The smallest absolute Gasteiger partial charge is 0.142 e. The molecule has 0 aromatic heterocycles. The largest absolute Gasteiger partial charge is 0.489 e. The lowest BCUT2D eigenvalue weighted by molar-refractivity contribution is 0.306. The number of ether oxygens (including phenoxy) is 1. The van der Waals surface area contributed by atoms with E-state index in [1.54, 1.807) is 18.2 Å². The van der Waals surface area contributed by atoms with Crippen LogP contribution in [-0.4, -0.2) is 0 Å². The Kier molecular flexibility index (Phi) is 4.26. The molecule has 96 valence electrons. The Labute approximate surface area is 119 Å². The van der Waals surface area contributed by atoms with Crippen molar-refractivity contribution in [1.29, 1.82) is 5.26 Å². The van der Waals surface area contributed by atoms with E-state index in [0.717, 1.165) is 5.56 Å². The van der Waals surface area contributed by atoms with Crippen LogP contribution in [0.1, 0.15) is 11.1 Å². The first-order chi connectivity index (χ1) is 9.10. The second-order valence-corrected chi connectivity index (χ2v) is 4.60. The van der Waals surface area contributed by atoms with Gasteiger partial charge in [0.2, 0.25) is 0 Å². The molecule has 19 heavy (non-hydrogen) atoms. The number of rotatable bonds is 3. The minimum atomic E-state index is -0.495. The topological polar surface area (TPSA) is 33.0 Å². The average Bonchev–Trinajstić information content (AvgIpc) is 2.41. The van der Waals surface area contributed by atoms with E-state index in [9.17, 15) is 4.39 Å². The predicted octanol–water partition coefficient (Wildman–Crippen LogP) is 4.58. The van der Waals surface area contributed by atoms with Crippen LogP contribution in [0.3, 0.4) is 0 Å². The van der Waals surface area contributed by atoms with E-state index in [1.807, 2.05) is 6.07 Å². The summed E-state index contributed by atoms with van der Waals surface area (Å²) in [6.07, 6.45) is 0. The molecule has 0 bridgehead atoms. The summed E-state index contributed by atoms with van der Waals surface area (Å²) >= 11 is 11.7. The normalized spacial score (nSPS) is 10.0. The Morgan fingerprint density at radius 3 is 2.53 bits per heavy atom. The zero-order chi connectivity index (χ0) is 13.8. The van der Waals surface area contributed by atoms with Crippen molar-refractivity contribution in [2.75, 3.05) is 0 Å². The van der Waals surface area contributed by atoms with Crippen molar-refractivity contribution in [3.05, 3.63) is 63.4 Å². The van der Waals surface area contributed by atoms with Crippen LogP contribution in [0, 0.1) is 17.1 Å². The van der Waals surface area contributed by atoms with Crippen LogP contribution in [0.5, 0.6) is 5.75 Å². The van der Waals surface area contributed by atoms with Crippen LogP contribution in [0.25, 0.3) is 0 Å². The molecule has 0 saturated heterocycles. The quantitative estimate of drug-likeness (QED) is 0.830. The van der Waals surface area contributed by atoms with Gasteiger partial charge in [-0.25, -0.2) is 4.39 Å². The number of nitrogens with zero attached hydrogens (tertiary/aromatic N) is 1. The van der Waals surface area contributed by atoms with Crippen molar-refractivity contribution in [2.45, 2.75) is 6.61 Å². The number of halogens is 3. The molecule has 0 unspecified atom stereocenters. The van der Waals surface area contributed by atoms with Gasteiger partial charge in [-0.2, -0.15) is 5.26 Å². The van der Waals surface area contributed by atoms with Gasteiger partial charge in [-0.15, -0.1) is 0 Å². The van der Waals surface area contributed by atoms with E-state index in [-0.39, 0.29) is 11.6 Å². The van der Waals surface area contributed by atoms with Crippen molar-refractivity contribution in [3.8, 4) is 11.8 Å². The third kappa shape index (κ3) is 3.37. The summed E-state index contributed by atoms with van der Waals surface area (Å²) in [6.45, 7) is 0.215. The first kappa shape index (κ1) is 13.7. The van der Waals surface area contributed by atoms with E-state index < -0.39 is 5.82 Å². The highest BCUT2D eigenvalue weighted by molar-refractivity contribution is 6.31. The molecule has 0 amide bonds. The van der Waals surface area contributed by atoms with Crippen LogP contribution < -0.4 is 4.74 Å². The summed E-state index contributed by atoms with van der Waals surface area (Å²) in [4.78, 5) is 0. The van der Waals surface area contributed by atoms with E-state index in [2.05, 4.69) is 0 Å². The van der Waals surface area contributed by atoms with E-state index in [1.165, 1.54) is 18.2 Å². The van der Waals surface area contributed by atoms with Gasteiger partial charge in [-0.05, 0) is 24.3 Å². The van der Waals surface area contributed by atoms with Crippen molar-refractivity contribution in [1.82, 2.24) is 0 Å². The molecule has 2 aromatic carbocycles. The van der Waals surface area contributed by atoms with E-state index >= 15 is 0 Å². The molecule has 0 saturated carbocycles. The molecule has 0 radical (unpaired) electrons. The lowest BCUT2D eigenvalue weighted by atomic mass is 10.1. The molecule has 0 aliphatic carbocycles. The Morgan fingerprint density at radius 2 is 1.89 bits per heavy atom. The number of nitriles is 1. The first-order valence-electron chi connectivity index (χ1n) is 5.36. The van der Waals surface area contributed by atoms with Crippen LogP contribution in [0.4, 0.5) is 4.39 Å².